The van der Waals surface area contributed by atoms with Crippen LogP contribution < -0.4 is 21.6 Å². The van der Waals surface area contributed by atoms with Crippen molar-refractivity contribution in [1.29, 1.82) is 0 Å². The van der Waals surface area contributed by atoms with Gasteiger partial charge in [0.2, 0.25) is 0 Å². The van der Waals surface area contributed by atoms with Crippen LogP contribution in [-0.2, 0) is 0 Å². The lowest BCUT2D eigenvalue weighted by Gasteiger charge is -2.19. The predicted octanol–water partition coefficient (Wildman–Crippen LogP) is 2.77. The van der Waals surface area contributed by atoms with Crippen molar-refractivity contribution in [3.05, 3.63) is 56.6 Å². The number of amides is 1. The second-order valence-corrected chi connectivity index (χ2v) is 8.93. The summed E-state index contributed by atoms with van der Waals surface area (Å²) in [5.41, 5.74) is 1.47. The maximum atomic E-state index is 12.4. The molecule has 0 unspecified atom stereocenters. The Hall–Kier alpha value is -3.53. The van der Waals surface area contributed by atoms with Crippen LogP contribution in [0.15, 0.2) is 40.3 Å². The number of carbonyl (C=O) groups is 1. The van der Waals surface area contributed by atoms with Gasteiger partial charge in [-0.2, -0.15) is 0 Å². The number of fused-ring (bicyclic) bond motifs is 1. The van der Waals surface area contributed by atoms with Crippen molar-refractivity contribution in [2.45, 2.75) is 26.3 Å². The minimum absolute atomic E-state index is 0.0372. The summed E-state index contributed by atoms with van der Waals surface area (Å²) in [5.74, 6) is 0.465. The van der Waals surface area contributed by atoms with Gasteiger partial charge in [-0.25, -0.2) is 20.0 Å². The third-order valence-electron chi connectivity index (χ3n) is 5.05. The zero-order chi connectivity index (χ0) is 22.8. The van der Waals surface area contributed by atoms with Gasteiger partial charge in [0.1, 0.15) is 6.67 Å². The number of nitrogens with zero attached hydrogens (tertiary/aromatic N) is 5. The molecule has 0 radical (unpaired) electrons. The normalized spacial score (nSPS) is 13.0. The average molecular weight is 452 g/mol. The van der Waals surface area contributed by atoms with Crippen LogP contribution in [0, 0.1) is 6.92 Å². The third-order valence-corrected chi connectivity index (χ3v) is 6.16. The minimum atomic E-state index is -0.294. The van der Waals surface area contributed by atoms with Crippen LogP contribution in [-0.4, -0.2) is 46.6 Å². The van der Waals surface area contributed by atoms with E-state index >= 15 is 0 Å². The van der Waals surface area contributed by atoms with Gasteiger partial charge in [0.05, 0.1) is 17.3 Å². The number of aryl methyl sites for hydroxylation is 1. The van der Waals surface area contributed by atoms with Crippen LogP contribution >= 0.6 is 11.3 Å². The summed E-state index contributed by atoms with van der Waals surface area (Å²) in [6, 6.07) is 9.21. The minimum Gasteiger partial charge on any atom is -0.505 e. The fraction of sp³-hybridized carbons (Fsp3) is 0.318. The van der Waals surface area contributed by atoms with E-state index in [-0.39, 0.29) is 29.9 Å². The number of thiophene rings is 1. The van der Waals surface area contributed by atoms with Gasteiger partial charge in [-0.05, 0) is 37.6 Å². The first-order valence-corrected chi connectivity index (χ1v) is 11.1. The number of hydrogen-bond donors (Lipinski definition) is 3. The quantitative estimate of drug-likeness (QED) is 0.476. The Morgan fingerprint density at radius 3 is 2.50 bits per heavy atom. The van der Waals surface area contributed by atoms with Gasteiger partial charge < -0.3 is 20.6 Å². The molecule has 0 spiro atoms. The molecule has 1 atom stereocenters. The number of para-hydroxylation sites is 1. The number of rotatable bonds is 7. The molecular formula is C22H25N7O2S. The van der Waals surface area contributed by atoms with Crippen molar-refractivity contribution in [3.8, 4) is 5.75 Å². The lowest BCUT2D eigenvalue weighted by molar-refractivity contribution is 0.0824. The molecule has 166 valence electrons. The van der Waals surface area contributed by atoms with Crippen LogP contribution in [0.3, 0.4) is 0 Å². The molecular weight excluding hydrogens is 426 g/mol. The van der Waals surface area contributed by atoms with E-state index in [1.54, 1.807) is 43.6 Å². The Morgan fingerprint density at radius 2 is 1.88 bits per heavy atom. The molecule has 2 aromatic heterocycles. The lowest BCUT2D eigenvalue weighted by atomic mass is 10.1. The highest BCUT2D eigenvalue weighted by Gasteiger charge is 2.20. The Labute approximate surface area is 189 Å². The molecule has 0 saturated heterocycles. The van der Waals surface area contributed by atoms with Crippen LogP contribution in [0.4, 0.5) is 17.3 Å². The highest BCUT2D eigenvalue weighted by Crippen LogP contribution is 2.33. The third kappa shape index (κ3) is 4.26. The Balaban J connectivity index is 1.73. The maximum Gasteiger partial charge on any atom is 0.257 e. The standard InChI is InChI=1S/C22H25N7O2S/c1-5-14(16-10-9-12(2)32-16)25-20-21(28-19-18(27-20)23-11-24-19)26-15-8-6-7-13(17(15)30)22(31)29(3)4/h6-10,14,30H,5,11H2,1-4H3,(H,23,25,27)(H,24,26,28)/t14-/m1/s1. The summed E-state index contributed by atoms with van der Waals surface area (Å²) < 4.78 is 0. The highest BCUT2D eigenvalue weighted by atomic mass is 32.1. The van der Waals surface area contributed by atoms with Crippen molar-refractivity contribution in [3.63, 3.8) is 0 Å². The van der Waals surface area contributed by atoms with E-state index in [4.69, 9.17) is 0 Å². The molecule has 4 rings (SSSR count). The second-order valence-electron chi connectivity index (χ2n) is 7.61. The molecule has 32 heavy (non-hydrogen) atoms. The summed E-state index contributed by atoms with van der Waals surface area (Å²) in [7, 11) is 3.27. The SMILES string of the molecule is CC[C@@H](Nc1nc2c(nc1Nc1cccc(C(=O)N(C)C)c1O)=NCN=2)c1ccc(C)s1. The summed E-state index contributed by atoms with van der Waals surface area (Å²) in [6.07, 6.45) is 0.845. The van der Waals surface area contributed by atoms with E-state index in [1.165, 1.54) is 14.7 Å². The summed E-state index contributed by atoms with van der Waals surface area (Å²) in [5, 5.41) is 17.3. The first-order valence-electron chi connectivity index (χ1n) is 10.3. The van der Waals surface area contributed by atoms with Crippen molar-refractivity contribution in [2.24, 2.45) is 9.98 Å². The molecule has 1 aliphatic heterocycles. The van der Waals surface area contributed by atoms with Gasteiger partial charge in [-0.3, -0.25) is 4.79 Å². The van der Waals surface area contributed by atoms with Crippen molar-refractivity contribution < 1.29 is 9.90 Å². The van der Waals surface area contributed by atoms with Gasteiger partial charge in [-0.15, -0.1) is 11.3 Å². The molecule has 3 aromatic rings. The Kier molecular flexibility index (Phi) is 6.04. The van der Waals surface area contributed by atoms with Gasteiger partial charge >= 0.3 is 0 Å². The molecule has 1 aliphatic rings. The smallest absolute Gasteiger partial charge is 0.257 e. The number of phenolic OH excluding ortho intramolecular Hbond substituents is 1. The van der Waals surface area contributed by atoms with Crippen LogP contribution in [0.5, 0.6) is 5.75 Å². The van der Waals surface area contributed by atoms with E-state index < -0.39 is 0 Å². The maximum absolute atomic E-state index is 12.4. The van der Waals surface area contributed by atoms with E-state index in [2.05, 4.69) is 56.6 Å². The first-order chi connectivity index (χ1) is 15.4. The number of phenols is 1. The predicted molar refractivity (Wildman–Crippen MR) is 124 cm³/mol. The van der Waals surface area contributed by atoms with Gasteiger partial charge in [0.25, 0.3) is 5.91 Å². The summed E-state index contributed by atoms with van der Waals surface area (Å²) >= 11 is 1.73. The van der Waals surface area contributed by atoms with E-state index in [1.807, 2.05) is 0 Å². The molecule has 1 amide bonds. The van der Waals surface area contributed by atoms with Gasteiger partial charge in [-0.1, -0.05) is 13.0 Å². The molecule has 0 bridgehead atoms. The zero-order valence-electron chi connectivity index (χ0n) is 18.4. The van der Waals surface area contributed by atoms with Gasteiger partial charge in [0.15, 0.2) is 28.4 Å². The molecule has 3 N–H and O–H groups in total. The average Bonchev–Trinajstić information content (AvgIpc) is 3.41. The fourth-order valence-electron chi connectivity index (χ4n) is 3.35. The number of aromatic nitrogens is 2. The highest BCUT2D eigenvalue weighted by molar-refractivity contribution is 7.12. The van der Waals surface area contributed by atoms with Crippen LogP contribution in [0.2, 0.25) is 0 Å². The zero-order valence-corrected chi connectivity index (χ0v) is 19.2. The number of anilines is 3. The molecule has 1 aromatic carbocycles. The molecule has 0 saturated carbocycles. The first kappa shape index (κ1) is 21.7. The molecule has 3 heterocycles. The second kappa shape index (κ2) is 8.91. The van der Waals surface area contributed by atoms with Crippen molar-refractivity contribution in [1.82, 2.24) is 14.9 Å². The topological polar surface area (TPSA) is 115 Å². The Bertz CT molecular complexity index is 1290. The largest absolute Gasteiger partial charge is 0.505 e. The number of aromatic hydroxyl groups is 1. The number of hydrogen-bond acceptors (Lipinski definition) is 9. The van der Waals surface area contributed by atoms with E-state index in [0.29, 0.717) is 28.3 Å². The lowest BCUT2D eigenvalue weighted by Crippen LogP contribution is -2.31. The van der Waals surface area contributed by atoms with Crippen molar-refractivity contribution in [2.75, 3.05) is 31.4 Å². The van der Waals surface area contributed by atoms with E-state index in [9.17, 15) is 9.90 Å². The summed E-state index contributed by atoms with van der Waals surface area (Å²) in [4.78, 5) is 34.0. The summed E-state index contributed by atoms with van der Waals surface area (Å²) in [6.45, 7) is 4.47. The molecule has 10 heteroatoms. The molecule has 0 aliphatic carbocycles. The Morgan fingerprint density at radius 1 is 1.16 bits per heavy atom. The number of benzene rings is 1. The number of carbonyl (C=O) groups excluding carboxylic acids is 1. The van der Waals surface area contributed by atoms with E-state index in [0.717, 1.165) is 6.42 Å². The molecule has 0 fully saturated rings. The van der Waals surface area contributed by atoms with Crippen LogP contribution in [0.25, 0.3) is 0 Å². The monoisotopic (exact) mass is 451 g/mol. The number of nitrogens with one attached hydrogen (secondary N) is 2. The van der Waals surface area contributed by atoms with Crippen LogP contribution in [0.1, 0.15) is 39.5 Å². The fourth-order valence-corrected chi connectivity index (χ4v) is 4.36. The van der Waals surface area contributed by atoms with Crippen molar-refractivity contribution >= 4 is 34.6 Å². The van der Waals surface area contributed by atoms with Gasteiger partial charge in [0, 0.05) is 23.8 Å². The molecule has 9 nitrogen and oxygen atoms in total.